The lowest BCUT2D eigenvalue weighted by atomic mass is 10.2. The molecule has 2 aromatic rings. The number of rotatable bonds is 1. The van der Waals surface area contributed by atoms with Crippen LogP contribution in [0.15, 0.2) is 24.4 Å². The topological polar surface area (TPSA) is 55.0 Å². The third kappa shape index (κ3) is 1.42. The van der Waals surface area contributed by atoms with E-state index in [2.05, 4.69) is 14.9 Å². The van der Waals surface area contributed by atoms with E-state index in [1.54, 1.807) is 6.20 Å². The fourth-order valence-corrected chi connectivity index (χ4v) is 3.20. The molecule has 3 heterocycles. The lowest BCUT2D eigenvalue weighted by molar-refractivity contribution is 0.738. The summed E-state index contributed by atoms with van der Waals surface area (Å²) in [5, 5.41) is 1.57. The molecule has 1 saturated carbocycles. The number of nitrogens with two attached hydrogens (primary N) is 1. The monoisotopic (exact) mass is 260 g/mol. The highest BCUT2D eigenvalue weighted by atomic mass is 35.5. The third-order valence-corrected chi connectivity index (χ3v) is 4.30. The lowest BCUT2D eigenvalue weighted by Gasteiger charge is -2.21. The van der Waals surface area contributed by atoms with Gasteiger partial charge in [-0.25, -0.2) is 4.98 Å². The van der Waals surface area contributed by atoms with Crippen molar-refractivity contribution in [1.29, 1.82) is 0 Å². The number of anilines is 1. The van der Waals surface area contributed by atoms with Crippen LogP contribution in [0.2, 0.25) is 5.15 Å². The Kier molecular flexibility index (Phi) is 2.08. The van der Waals surface area contributed by atoms with Crippen molar-refractivity contribution >= 4 is 28.3 Å². The van der Waals surface area contributed by atoms with Gasteiger partial charge >= 0.3 is 0 Å². The van der Waals surface area contributed by atoms with Crippen molar-refractivity contribution in [2.45, 2.75) is 6.04 Å². The zero-order valence-corrected chi connectivity index (χ0v) is 10.5. The fourth-order valence-electron chi connectivity index (χ4n) is 3.01. The van der Waals surface area contributed by atoms with E-state index >= 15 is 0 Å². The quantitative estimate of drug-likeness (QED) is 0.793. The number of pyridine rings is 2. The molecule has 4 rings (SSSR count). The van der Waals surface area contributed by atoms with Gasteiger partial charge < -0.3 is 10.6 Å². The summed E-state index contributed by atoms with van der Waals surface area (Å²) in [5.41, 5.74) is 6.87. The molecule has 2 aliphatic rings. The maximum atomic E-state index is 6.08. The Morgan fingerprint density at radius 2 is 2.11 bits per heavy atom. The second kappa shape index (κ2) is 3.56. The maximum absolute atomic E-state index is 6.08. The van der Waals surface area contributed by atoms with Gasteiger partial charge in [0.1, 0.15) is 11.0 Å². The van der Waals surface area contributed by atoms with Crippen molar-refractivity contribution in [3.05, 3.63) is 29.5 Å². The highest BCUT2D eigenvalue weighted by molar-refractivity contribution is 6.30. The van der Waals surface area contributed by atoms with Gasteiger partial charge in [-0.2, -0.15) is 0 Å². The van der Waals surface area contributed by atoms with E-state index in [0.717, 1.165) is 29.8 Å². The van der Waals surface area contributed by atoms with Crippen LogP contribution in [0.3, 0.4) is 0 Å². The Bertz CT molecular complexity index is 617. The number of nitrogens with zero attached hydrogens (tertiary/aromatic N) is 3. The average molecular weight is 261 g/mol. The first-order valence-corrected chi connectivity index (χ1v) is 6.53. The maximum Gasteiger partial charge on any atom is 0.139 e. The summed E-state index contributed by atoms with van der Waals surface area (Å²) >= 11 is 6.08. The number of hydrogen-bond acceptors (Lipinski definition) is 4. The Morgan fingerprint density at radius 3 is 2.89 bits per heavy atom. The molecule has 18 heavy (non-hydrogen) atoms. The molecule has 0 radical (unpaired) electrons. The smallest absolute Gasteiger partial charge is 0.139 e. The van der Waals surface area contributed by atoms with E-state index < -0.39 is 0 Å². The van der Waals surface area contributed by atoms with E-state index in [4.69, 9.17) is 17.3 Å². The molecule has 2 fully saturated rings. The van der Waals surface area contributed by atoms with Crippen LogP contribution in [0.25, 0.3) is 10.9 Å². The standard InChI is InChI=1S/C13H13ClN4/c14-11-4-10-7(2-1-3-16-10)13(17-11)18-5-8-9(6-18)12(8)15/h1-4,8-9,12H,5-6,15H2/t8-,9+,12+. The summed E-state index contributed by atoms with van der Waals surface area (Å²) in [6.45, 7) is 1.98. The van der Waals surface area contributed by atoms with Crippen LogP contribution in [0, 0.1) is 11.8 Å². The number of hydrogen-bond donors (Lipinski definition) is 1. The second-order valence-electron chi connectivity index (χ2n) is 5.15. The fraction of sp³-hybridized carbons (Fsp3) is 0.385. The van der Waals surface area contributed by atoms with Crippen LogP contribution in [0.5, 0.6) is 0 Å². The Labute approximate surface area is 110 Å². The Morgan fingerprint density at radius 1 is 1.33 bits per heavy atom. The zero-order chi connectivity index (χ0) is 12.3. The molecule has 92 valence electrons. The number of piperidine rings is 1. The number of halogens is 1. The van der Waals surface area contributed by atoms with Crippen LogP contribution >= 0.6 is 11.6 Å². The average Bonchev–Trinajstić information content (AvgIpc) is 2.81. The predicted octanol–water partition coefficient (Wildman–Crippen LogP) is 1.68. The van der Waals surface area contributed by atoms with Gasteiger partial charge in [0.25, 0.3) is 0 Å². The molecule has 0 spiro atoms. The molecule has 2 N–H and O–H groups in total. The van der Waals surface area contributed by atoms with Crippen molar-refractivity contribution in [3.63, 3.8) is 0 Å². The summed E-state index contributed by atoms with van der Waals surface area (Å²) < 4.78 is 0. The first-order valence-electron chi connectivity index (χ1n) is 6.16. The summed E-state index contributed by atoms with van der Waals surface area (Å²) in [6.07, 6.45) is 1.78. The highest BCUT2D eigenvalue weighted by Crippen LogP contribution is 2.45. The SMILES string of the molecule is N[C@@H]1[C@H]2CN(c3nc(Cl)cc4ncccc34)C[C@@H]12. The molecule has 0 aromatic carbocycles. The van der Waals surface area contributed by atoms with Gasteiger partial charge in [-0.1, -0.05) is 11.6 Å². The molecular weight excluding hydrogens is 248 g/mol. The molecule has 0 bridgehead atoms. The van der Waals surface area contributed by atoms with E-state index in [-0.39, 0.29) is 0 Å². The molecule has 1 aliphatic carbocycles. The minimum absolute atomic E-state index is 0.393. The molecule has 2 aromatic heterocycles. The Hall–Kier alpha value is -1.39. The summed E-state index contributed by atoms with van der Waals surface area (Å²) in [5.74, 6) is 2.22. The van der Waals surface area contributed by atoms with Gasteiger partial charge in [0.05, 0.1) is 5.52 Å². The lowest BCUT2D eigenvalue weighted by Crippen LogP contribution is -2.28. The second-order valence-corrected chi connectivity index (χ2v) is 5.54. The van der Waals surface area contributed by atoms with E-state index in [1.165, 1.54) is 0 Å². The Balaban J connectivity index is 1.80. The largest absolute Gasteiger partial charge is 0.355 e. The van der Waals surface area contributed by atoms with Gasteiger partial charge in [-0.15, -0.1) is 0 Å². The summed E-state index contributed by atoms with van der Waals surface area (Å²) in [7, 11) is 0. The van der Waals surface area contributed by atoms with E-state index in [1.807, 2.05) is 18.2 Å². The molecule has 0 unspecified atom stereocenters. The predicted molar refractivity (Wildman–Crippen MR) is 71.7 cm³/mol. The van der Waals surface area contributed by atoms with Crippen molar-refractivity contribution in [1.82, 2.24) is 9.97 Å². The molecule has 1 saturated heterocycles. The van der Waals surface area contributed by atoms with Crippen molar-refractivity contribution in [2.24, 2.45) is 17.6 Å². The normalized spacial score (nSPS) is 29.7. The van der Waals surface area contributed by atoms with Gasteiger partial charge in [-0.05, 0) is 24.0 Å². The van der Waals surface area contributed by atoms with E-state index in [0.29, 0.717) is 23.0 Å². The van der Waals surface area contributed by atoms with Crippen LogP contribution in [0.4, 0.5) is 5.82 Å². The molecular formula is C13H13ClN4. The first-order chi connectivity index (χ1) is 8.74. The third-order valence-electron chi connectivity index (χ3n) is 4.11. The van der Waals surface area contributed by atoms with Gasteiger partial charge in [0.15, 0.2) is 0 Å². The van der Waals surface area contributed by atoms with Crippen LogP contribution in [-0.2, 0) is 0 Å². The van der Waals surface area contributed by atoms with Gasteiger partial charge in [0, 0.05) is 36.8 Å². The zero-order valence-electron chi connectivity index (χ0n) is 9.75. The molecule has 4 nitrogen and oxygen atoms in total. The minimum atomic E-state index is 0.393. The minimum Gasteiger partial charge on any atom is -0.355 e. The van der Waals surface area contributed by atoms with E-state index in [9.17, 15) is 0 Å². The number of fused-ring (bicyclic) bond motifs is 2. The highest BCUT2D eigenvalue weighted by Gasteiger charge is 2.54. The van der Waals surface area contributed by atoms with Crippen molar-refractivity contribution in [3.8, 4) is 0 Å². The van der Waals surface area contributed by atoms with Crippen molar-refractivity contribution < 1.29 is 0 Å². The first kappa shape index (κ1) is 10.5. The van der Waals surface area contributed by atoms with Crippen LogP contribution in [-0.4, -0.2) is 29.1 Å². The molecule has 5 heteroatoms. The molecule has 0 amide bonds. The molecule has 3 atom stereocenters. The van der Waals surface area contributed by atoms with Crippen LogP contribution < -0.4 is 10.6 Å². The summed E-state index contributed by atoms with van der Waals surface area (Å²) in [6, 6.07) is 6.18. The van der Waals surface area contributed by atoms with Gasteiger partial charge in [-0.3, -0.25) is 4.98 Å². The molecule has 1 aliphatic heterocycles. The summed E-state index contributed by atoms with van der Waals surface area (Å²) in [4.78, 5) is 11.1. The van der Waals surface area contributed by atoms with Crippen molar-refractivity contribution in [2.75, 3.05) is 18.0 Å². The van der Waals surface area contributed by atoms with Crippen LogP contribution in [0.1, 0.15) is 0 Å². The number of aromatic nitrogens is 2. The van der Waals surface area contributed by atoms with Gasteiger partial charge in [0.2, 0.25) is 0 Å².